The molecule has 4 nitrogen and oxygen atoms in total. The third-order valence-electron chi connectivity index (χ3n) is 3.85. The van der Waals surface area contributed by atoms with E-state index in [2.05, 4.69) is 34.2 Å². The van der Waals surface area contributed by atoms with Crippen molar-refractivity contribution in [1.82, 2.24) is 9.97 Å². The molecule has 140 valence electrons. The van der Waals surface area contributed by atoms with Crippen molar-refractivity contribution in [3.8, 4) is 0 Å². The van der Waals surface area contributed by atoms with Gasteiger partial charge in [0.05, 0.1) is 11.0 Å². The van der Waals surface area contributed by atoms with Crippen LogP contribution in [0.15, 0.2) is 109 Å². The number of para-hydroxylation sites is 2. The summed E-state index contributed by atoms with van der Waals surface area (Å²) in [5.41, 5.74) is 2.12. The Balaban J connectivity index is 0. The molecule has 2 heterocycles. The number of hydrogen-bond donors (Lipinski definition) is 0. The van der Waals surface area contributed by atoms with E-state index < -0.39 is 0 Å². The van der Waals surface area contributed by atoms with E-state index >= 15 is 0 Å². The zero-order valence-corrected chi connectivity index (χ0v) is 21.1. The average molecular weight is 414 g/mol. The van der Waals surface area contributed by atoms with Gasteiger partial charge in [0.25, 0.3) is 0 Å². The third kappa shape index (κ3) is 8.44. The quantitative estimate of drug-likeness (QED) is 0.272. The first-order valence-corrected chi connectivity index (χ1v) is 8.76. The number of aromatic nitrogens is 2. The van der Waals surface area contributed by atoms with Crippen molar-refractivity contribution in [1.29, 1.82) is 0 Å². The normalized spacial score (nSPS) is 11.3. The molecule has 30 heavy (non-hydrogen) atoms. The molecule has 1 aliphatic carbocycles. The molecule has 1 aliphatic rings. The Morgan fingerprint density at radius 1 is 0.500 bits per heavy atom. The van der Waals surface area contributed by atoms with Crippen LogP contribution in [0.3, 0.4) is 0 Å². The van der Waals surface area contributed by atoms with Crippen LogP contribution in [0.5, 0.6) is 0 Å². The summed E-state index contributed by atoms with van der Waals surface area (Å²) < 4.78 is 0. The van der Waals surface area contributed by atoms with Gasteiger partial charge in [0.15, 0.2) is 11.6 Å². The number of hydrogen-bond acceptors (Lipinski definition) is 4. The summed E-state index contributed by atoms with van der Waals surface area (Å²) in [5, 5.41) is 2.40. The minimum absolute atomic E-state index is 0. The van der Waals surface area contributed by atoms with Crippen molar-refractivity contribution in [3.05, 3.63) is 109 Å². The number of fused-ring (bicyclic) bond motifs is 2. The molecule has 2 aromatic heterocycles. The van der Waals surface area contributed by atoms with Gasteiger partial charge in [-0.25, -0.2) is 0 Å². The summed E-state index contributed by atoms with van der Waals surface area (Å²) in [6.45, 7) is 0. The van der Waals surface area contributed by atoms with Crippen LogP contribution in [0.2, 0.25) is 0 Å². The summed E-state index contributed by atoms with van der Waals surface area (Å²) in [7, 11) is 0. The van der Waals surface area contributed by atoms with Gasteiger partial charge in [0, 0.05) is 23.2 Å². The van der Waals surface area contributed by atoms with Crippen LogP contribution in [-0.2, 0) is 9.59 Å². The molecule has 5 rings (SSSR count). The molecule has 0 atom stereocenters. The predicted molar refractivity (Wildman–Crippen MR) is 114 cm³/mol. The summed E-state index contributed by atoms with van der Waals surface area (Å²) in [6, 6.07) is 24.2. The van der Waals surface area contributed by atoms with Crippen LogP contribution in [-0.4, -0.2) is 21.5 Å². The molecule has 0 unspecified atom stereocenters. The van der Waals surface area contributed by atoms with Crippen LogP contribution in [0, 0.1) is 0 Å². The minimum atomic E-state index is -0.121. The fraction of sp³-hybridized carbons (Fsp3) is 0. The first-order valence-electron chi connectivity index (χ1n) is 8.76. The van der Waals surface area contributed by atoms with Crippen LogP contribution < -0.4 is 59.1 Å². The molecule has 0 N–H and O–H groups in total. The first kappa shape index (κ1) is 26.1. The molecule has 4 aromatic rings. The van der Waals surface area contributed by atoms with Gasteiger partial charge in [0.1, 0.15) is 0 Å². The predicted octanol–water partition coefficient (Wildman–Crippen LogP) is -1.05. The molecule has 0 aliphatic heterocycles. The molecule has 0 saturated carbocycles. The molecule has 0 fully saturated rings. The summed E-state index contributed by atoms with van der Waals surface area (Å²) in [4.78, 5) is 28.9. The Kier molecular flexibility index (Phi) is 12.3. The second-order valence-corrected chi connectivity index (χ2v) is 5.86. The van der Waals surface area contributed by atoms with Crippen LogP contribution in [0.4, 0.5) is 0 Å². The zero-order chi connectivity index (χ0) is 19.6. The summed E-state index contributed by atoms with van der Waals surface area (Å²) >= 11 is 0. The second kappa shape index (κ2) is 14.1. The molecule has 6 heteroatoms. The minimum Gasteiger partial charge on any atom is -1.00 e. The fourth-order valence-corrected chi connectivity index (χ4v) is 2.47. The fourth-order valence-electron chi connectivity index (χ4n) is 2.47. The molecule has 0 radical (unpaired) electrons. The van der Waals surface area contributed by atoms with Gasteiger partial charge in [-0.05, 0) is 48.6 Å². The standard InChI is InChI=1S/2C9H7N.C6H4O2.2Na.2H/c2*1-2-6-9-8(4-1)5-3-7-10-9;7-5-1-2-6(8)4-3-5;;;;/h2*1-7H;1-4H;;;;/q;;;2*+1;2*-1. The van der Waals surface area contributed by atoms with Gasteiger partial charge in [-0.2, -0.15) is 0 Å². The number of allylic oxidation sites excluding steroid dienone is 4. The number of rotatable bonds is 0. The Hall–Kier alpha value is -1.92. The largest absolute Gasteiger partial charge is 1.00 e. The summed E-state index contributed by atoms with van der Waals surface area (Å²) in [6.07, 6.45) is 8.62. The van der Waals surface area contributed by atoms with Gasteiger partial charge in [0.2, 0.25) is 0 Å². The van der Waals surface area contributed by atoms with Crippen molar-refractivity contribution in [2.75, 3.05) is 0 Å². The SMILES string of the molecule is O=C1C=CC(=O)C=C1.[H-].[H-].[Na+].[Na+].c1ccc2ncccc2c1.c1ccc2ncccc2c1. The second-order valence-electron chi connectivity index (χ2n) is 5.86. The number of nitrogens with zero attached hydrogens (tertiary/aromatic N) is 2. The van der Waals surface area contributed by atoms with Gasteiger partial charge in [-0.15, -0.1) is 0 Å². The Morgan fingerprint density at radius 2 is 0.833 bits per heavy atom. The molecule has 0 amide bonds. The molecule has 2 aromatic carbocycles. The van der Waals surface area contributed by atoms with E-state index in [9.17, 15) is 9.59 Å². The molecular weight excluding hydrogens is 394 g/mol. The molecule has 0 bridgehead atoms. The van der Waals surface area contributed by atoms with Crippen LogP contribution in [0.25, 0.3) is 21.8 Å². The average Bonchev–Trinajstić information content (AvgIpc) is 2.77. The molecular formula is C24H20N2Na2O2. The van der Waals surface area contributed by atoms with E-state index in [0.29, 0.717) is 0 Å². The zero-order valence-electron chi connectivity index (χ0n) is 19.1. The van der Waals surface area contributed by atoms with Crippen molar-refractivity contribution in [2.24, 2.45) is 0 Å². The van der Waals surface area contributed by atoms with E-state index in [4.69, 9.17) is 0 Å². The number of carbonyl (C=O) groups excluding carboxylic acids is 2. The maximum Gasteiger partial charge on any atom is 1.00 e. The van der Waals surface area contributed by atoms with Gasteiger partial charge in [-0.3, -0.25) is 19.6 Å². The smallest absolute Gasteiger partial charge is 1.00 e. The maximum atomic E-state index is 10.3. The van der Waals surface area contributed by atoms with Crippen molar-refractivity contribution in [2.45, 2.75) is 0 Å². The van der Waals surface area contributed by atoms with Crippen molar-refractivity contribution >= 4 is 33.4 Å². The van der Waals surface area contributed by atoms with Crippen LogP contribution >= 0.6 is 0 Å². The van der Waals surface area contributed by atoms with Gasteiger partial charge >= 0.3 is 59.1 Å². The third-order valence-corrected chi connectivity index (χ3v) is 3.85. The van der Waals surface area contributed by atoms with E-state index in [0.717, 1.165) is 11.0 Å². The molecule has 0 saturated heterocycles. The topological polar surface area (TPSA) is 59.9 Å². The first-order chi connectivity index (χ1) is 13.7. The van der Waals surface area contributed by atoms with E-state index in [1.165, 1.54) is 35.1 Å². The number of ketones is 2. The van der Waals surface area contributed by atoms with Crippen molar-refractivity contribution in [3.63, 3.8) is 0 Å². The van der Waals surface area contributed by atoms with Gasteiger partial charge < -0.3 is 2.85 Å². The van der Waals surface area contributed by atoms with Crippen LogP contribution in [0.1, 0.15) is 2.85 Å². The monoisotopic (exact) mass is 414 g/mol. The Labute approximate surface area is 222 Å². The van der Waals surface area contributed by atoms with E-state index in [1.54, 1.807) is 0 Å². The Bertz CT molecular complexity index is 944. The Morgan fingerprint density at radius 3 is 1.20 bits per heavy atom. The summed E-state index contributed by atoms with van der Waals surface area (Å²) in [5.74, 6) is -0.241. The van der Waals surface area contributed by atoms with Gasteiger partial charge in [-0.1, -0.05) is 48.5 Å². The maximum absolute atomic E-state index is 10.3. The van der Waals surface area contributed by atoms with E-state index in [-0.39, 0.29) is 73.5 Å². The number of carbonyl (C=O) groups is 2. The van der Waals surface area contributed by atoms with Crippen molar-refractivity contribution < 1.29 is 71.6 Å². The number of pyridine rings is 2. The van der Waals surface area contributed by atoms with E-state index in [1.807, 2.05) is 60.9 Å². The molecule has 0 spiro atoms. The number of benzene rings is 2.